The van der Waals surface area contributed by atoms with Crippen LogP contribution in [0.2, 0.25) is 0 Å². The highest BCUT2D eigenvalue weighted by Gasteiger charge is 2.73. The predicted octanol–water partition coefficient (Wildman–Crippen LogP) is 7.04. The highest BCUT2D eigenvalue weighted by molar-refractivity contribution is 6.31. The minimum absolute atomic E-state index is 0.384. The molecule has 4 fully saturated rings. The number of rotatable bonds is 6. The Kier molecular flexibility index (Phi) is 6.33. The summed E-state index contributed by atoms with van der Waals surface area (Å²) in [6.45, 7) is 2.28. The van der Waals surface area contributed by atoms with Crippen molar-refractivity contribution in [1.29, 1.82) is 0 Å². The Balaban J connectivity index is 1.39. The molecule has 0 amide bonds. The molecular weight excluding hydrogens is 344 g/mol. The van der Waals surface area contributed by atoms with Gasteiger partial charge in [-0.05, 0) is 56.3 Å². The van der Waals surface area contributed by atoms with Crippen LogP contribution in [-0.2, 0) is 9.59 Å². The van der Waals surface area contributed by atoms with E-state index >= 15 is 0 Å². The molecule has 0 aliphatic heterocycles. The number of hydrogen-bond acceptors (Lipinski definition) is 2. The van der Waals surface area contributed by atoms with Gasteiger partial charge in [0.05, 0.1) is 10.8 Å². The molecule has 4 aliphatic carbocycles. The van der Waals surface area contributed by atoms with Crippen LogP contribution in [0.3, 0.4) is 0 Å². The maximum Gasteiger partial charge on any atom is 0.160 e. The highest BCUT2D eigenvalue weighted by atomic mass is 16.2. The first-order valence-electron chi connectivity index (χ1n) is 12.7. The third-order valence-electron chi connectivity index (χ3n) is 9.28. The summed E-state index contributed by atoms with van der Waals surface area (Å²) in [5.41, 5.74) is -1.06. The quantitative estimate of drug-likeness (QED) is 0.362. The van der Waals surface area contributed by atoms with Crippen molar-refractivity contribution < 1.29 is 9.59 Å². The topological polar surface area (TPSA) is 34.1 Å². The van der Waals surface area contributed by atoms with Gasteiger partial charge in [0.15, 0.2) is 11.6 Å². The van der Waals surface area contributed by atoms with Crippen LogP contribution in [0.4, 0.5) is 0 Å². The Bertz CT molecular complexity index is 545. The molecule has 158 valence electrons. The average Bonchev–Trinajstić information content (AvgIpc) is 2.77. The first kappa shape index (κ1) is 20.6. The largest absolute Gasteiger partial charge is 0.297 e. The Morgan fingerprint density at radius 3 is 2.11 bits per heavy atom. The highest BCUT2D eigenvalue weighted by Crippen LogP contribution is 2.64. The van der Waals surface area contributed by atoms with Gasteiger partial charge < -0.3 is 0 Å². The maximum absolute atomic E-state index is 13.6. The standard InChI is InChI=1S/C26H42O2/c1-2-3-4-6-11-20-13-15-21(16-14-20)22-12-7-10-19-26(22)23(27)25(24(26)28)17-8-5-9-18-25/h20-22H,2-19H2,1H3. The molecule has 2 spiro atoms. The lowest BCUT2D eigenvalue weighted by molar-refractivity contribution is -0.185. The van der Waals surface area contributed by atoms with Crippen molar-refractivity contribution in [2.75, 3.05) is 0 Å². The molecule has 28 heavy (non-hydrogen) atoms. The summed E-state index contributed by atoms with van der Waals surface area (Å²) < 4.78 is 0. The van der Waals surface area contributed by atoms with E-state index in [2.05, 4.69) is 6.92 Å². The fraction of sp³-hybridized carbons (Fsp3) is 0.923. The van der Waals surface area contributed by atoms with E-state index in [0.29, 0.717) is 23.4 Å². The molecular formula is C26H42O2. The van der Waals surface area contributed by atoms with Crippen LogP contribution in [0.25, 0.3) is 0 Å². The van der Waals surface area contributed by atoms with Gasteiger partial charge in [-0.15, -0.1) is 0 Å². The molecule has 1 unspecified atom stereocenters. The summed E-state index contributed by atoms with van der Waals surface area (Å²) in [6.07, 6.45) is 21.6. The van der Waals surface area contributed by atoms with Crippen molar-refractivity contribution >= 4 is 11.6 Å². The summed E-state index contributed by atoms with van der Waals surface area (Å²) in [7, 11) is 0. The van der Waals surface area contributed by atoms with Gasteiger partial charge >= 0.3 is 0 Å². The van der Waals surface area contributed by atoms with E-state index in [4.69, 9.17) is 0 Å². The SMILES string of the molecule is CCCCCCC1CCC(C2CCCCC23C(=O)C2(CCCCC2)C3=O)CC1. The van der Waals surface area contributed by atoms with Crippen LogP contribution in [-0.4, -0.2) is 11.6 Å². The molecule has 0 bridgehead atoms. The fourth-order valence-corrected chi connectivity index (χ4v) is 7.75. The number of ketones is 2. The summed E-state index contributed by atoms with van der Waals surface area (Å²) in [5, 5.41) is 0. The van der Waals surface area contributed by atoms with Crippen molar-refractivity contribution in [2.24, 2.45) is 28.6 Å². The third kappa shape index (κ3) is 3.31. The van der Waals surface area contributed by atoms with Crippen LogP contribution in [0.5, 0.6) is 0 Å². The zero-order valence-corrected chi connectivity index (χ0v) is 18.3. The molecule has 0 heterocycles. The summed E-state index contributed by atoms with van der Waals surface area (Å²) in [6, 6.07) is 0. The maximum atomic E-state index is 13.6. The van der Waals surface area contributed by atoms with Crippen molar-refractivity contribution in [3.63, 3.8) is 0 Å². The van der Waals surface area contributed by atoms with Gasteiger partial charge in [-0.2, -0.15) is 0 Å². The smallest absolute Gasteiger partial charge is 0.160 e. The zero-order valence-electron chi connectivity index (χ0n) is 18.3. The zero-order chi connectivity index (χ0) is 19.6. The van der Waals surface area contributed by atoms with Gasteiger partial charge in [-0.1, -0.05) is 84.0 Å². The molecule has 2 nitrogen and oxygen atoms in total. The molecule has 4 rings (SSSR count). The van der Waals surface area contributed by atoms with Gasteiger partial charge in [0, 0.05) is 0 Å². The minimum Gasteiger partial charge on any atom is -0.297 e. The van der Waals surface area contributed by atoms with E-state index in [1.54, 1.807) is 0 Å². The second-order valence-corrected chi connectivity index (χ2v) is 10.8. The number of unbranched alkanes of at least 4 members (excludes halogenated alkanes) is 3. The van der Waals surface area contributed by atoms with Crippen molar-refractivity contribution in [3.05, 3.63) is 0 Å². The first-order chi connectivity index (χ1) is 13.6. The lowest BCUT2D eigenvalue weighted by Gasteiger charge is -2.60. The minimum atomic E-state index is -0.534. The first-order valence-corrected chi connectivity index (χ1v) is 12.7. The molecule has 0 aromatic carbocycles. The second-order valence-electron chi connectivity index (χ2n) is 10.8. The van der Waals surface area contributed by atoms with E-state index in [0.717, 1.165) is 50.9 Å². The summed E-state index contributed by atoms with van der Waals surface area (Å²) >= 11 is 0. The molecule has 0 radical (unpaired) electrons. The lowest BCUT2D eigenvalue weighted by atomic mass is 9.39. The van der Waals surface area contributed by atoms with Gasteiger partial charge in [0.25, 0.3) is 0 Å². The third-order valence-corrected chi connectivity index (χ3v) is 9.28. The van der Waals surface area contributed by atoms with Crippen molar-refractivity contribution in [2.45, 2.75) is 122 Å². The fourth-order valence-electron chi connectivity index (χ4n) is 7.75. The van der Waals surface area contributed by atoms with Crippen molar-refractivity contribution in [3.8, 4) is 0 Å². The Morgan fingerprint density at radius 1 is 0.750 bits per heavy atom. The molecule has 0 saturated heterocycles. The van der Waals surface area contributed by atoms with Crippen LogP contribution in [0.15, 0.2) is 0 Å². The average molecular weight is 387 g/mol. The Morgan fingerprint density at radius 2 is 1.43 bits per heavy atom. The van der Waals surface area contributed by atoms with E-state index in [-0.39, 0.29) is 0 Å². The van der Waals surface area contributed by atoms with E-state index in [1.807, 2.05) is 0 Å². The van der Waals surface area contributed by atoms with Gasteiger partial charge in [-0.3, -0.25) is 9.59 Å². The van der Waals surface area contributed by atoms with E-state index < -0.39 is 10.8 Å². The second kappa shape index (κ2) is 8.60. The van der Waals surface area contributed by atoms with Crippen molar-refractivity contribution in [1.82, 2.24) is 0 Å². The molecule has 1 atom stereocenters. The monoisotopic (exact) mass is 386 g/mol. The lowest BCUT2D eigenvalue weighted by Crippen LogP contribution is -2.71. The molecule has 0 N–H and O–H groups in total. The van der Waals surface area contributed by atoms with E-state index in [1.165, 1.54) is 70.6 Å². The van der Waals surface area contributed by atoms with Gasteiger partial charge in [0.2, 0.25) is 0 Å². The van der Waals surface area contributed by atoms with Gasteiger partial charge in [0.1, 0.15) is 0 Å². The predicted molar refractivity (Wildman–Crippen MR) is 114 cm³/mol. The van der Waals surface area contributed by atoms with Gasteiger partial charge in [-0.25, -0.2) is 0 Å². The molecule has 2 heteroatoms. The number of Topliss-reactive ketones (excluding diaryl/α,β-unsaturated/α-hetero) is 2. The Hall–Kier alpha value is -0.660. The number of carbonyl (C=O) groups excluding carboxylic acids is 2. The molecule has 0 aromatic heterocycles. The normalized spacial score (nSPS) is 34.5. The molecule has 4 saturated carbocycles. The molecule has 4 aliphatic rings. The Labute approximate surface area is 172 Å². The summed E-state index contributed by atoms with van der Waals surface area (Å²) in [4.78, 5) is 27.3. The van der Waals surface area contributed by atoms with E-state index in [9.17, 15) is 9.59 Å². The summed E-state index contributed by atoms with van der Waals surface area (Å²) in [5.74, 6) is 2.76. The van der Waals surface area contributed by atoms with Crippen LogP contribution >= 0.6 is 0 Å². The molecule has 0 aromatic rings. The number of hydrogen-bond donors (Lipinski definition) is 0. The van der Waals surface area contributed by atoms with Crippen LogP contribution in [0, 0.1) is 28.6 Å². The van der Waals surface area contributed by atoms with Crippen LogP contribution < -0.4 is 0 Å². The number of carbonyl (C=O) groups is 2. The van der Waals surface area contributed by atoms with Crippen LogP contribution in [0.1, 0.15) is 122 Å².